The van der Waals surface area contributed by atoms with Crippen molar-refractivity contribution in [1.82, 2.24) is 19.9 Å². The zero-order valence-corrected chi connectivity index (χ0v) is 46.9. The zero-order chi connectivity index (χ0) is 51.4. The van der Waals surface area contributed by atoms with E-state index in [2.05, 4.69) is 218 Å². The van der Waals surface area contributed by atoms with Gasteiger partial charge in [0, 0.05) is 47.3 Å². The predicted molar refractivity (Wildman–Crippen MR) is 315 cm³/mol. The fraction of sp³-hybridized carbons (Fsp3) is 0.105. The van der Waals surface area contributed by atoms with Crippen LogP contribution in [0.3, 0.4) is 0 Å². The maximum Gasteiger partial charge on any atom is 2.00 e. The number of aromatic nitrogens is 4. The van der Waals surface area contributed by atoms with Gasteiger partial charge in [-0.2, -0.15) is 0 Å². The first-order valence-corrected chi connectivity index (χ1v) is 28.6. The summed E-state index contributed by atoms with van der Waals surface area (Å²) in [6.45, 7) is 0. The van der Waals surface area contributed by atoms with Crippen LogP contribution in [0.2, 0.25) is 0 Å². The Labute approximate surface area is 480 Å². The van der Waals surface area contributed by atoms with Gasteiger partial charge in [0.15, 0.2) is 0 Å². The molecule has 0 unspecified atom stereocenters. The molecular formula is C76H44N4Zn. The molecule has 5 heterocycles. The third-order valence-corrected chi connectivity index (χ3v) is 20.7. The van der Waals surface area contributed by atoms with Crippen molar-refractivity contribution in [2.24, 2.45) is 0 Å². The summed E-state index contributed by atoms with van der Waals surface area (Å²) in [5.74, 6) is 0.108. The summed E-state index contributed by atoms with van der Waals surface area (Å²) in [6.07, 6.45) is 0. The topological polar surface area (TPSA) is 54.0 Å². The maximum atomic E-state index is 6.02. The van der Waals surface area contributed by atoms with Crippen molar-refractivity contribution in [2.75, 3.05) is 0 Å². The van der Waals surface area contributed by atoms with Gasteiger partial charge in [-0.1, -0.05) is 218 Å². The molecule has 0 atom stereocenters. The van der Waals surface area contributed by atoms with E-state index in [4.69, 9.17) is 19.9 Å². The van der Waals surface area contributed by atoms with E-state index in [1.54, 1.807) is 0 Å². The van der Waals surface area contributed by atoms with Crippen LogP contribution >= 0.6 is 0 Å². The van der Waals surface area contributed by atoms with Crippen molar-refractivity contribution in [3.63, 3.8) is 0 Å². The Balaban J connectivity index is 0.00000476. The van der Waals surface area contributed by atoms with Gasteiger partial charge in [-0.3, -0.25) is 0 Å². The molecule has 0 fully saturated rings. The van der Waals surface area contributed by atoms with Gasteiger partial charge in [0.1, 0.15) is 0 Å². The van der Waals surface area contributed by atoms with Gasteiger partial charge in [0.05, 0.1) is 22.8 Å². The zero-order valence-electron chi connectivity index (χ0n) is 43.9. The summed E-state index contributed by atoms with van der Waals surface area (Å²) < 4.78 is 0. The van der Waals surface area contributed by atoms with Crippen LogP contribution in [0.1, 0.15) is 181 Å². The minimum atomic E-state index is 0. The number of nitrogens with zero attached hydrogens (tertiary/aromatic N) is 4. The third-order valence-electron chi connectivity index (χ3n) is 20.7. The normalized spacial score (nSPS) is 22.6. The van der Waals surface area contributed by atoms with Crippen molar-refractivity contribution in [2.45, 2.75) is 47.3 Å². The van der Waals surface area contributed by atoms with Crippen molar-refractivity contribution in [1.29, 1.82) is 0 Å². The van der Waals surface area contributed by atoms with Gasteiger partial charge < -0.3 is 9.97 Å². The van der Waals surface area contributed by atoms with E-state index in [1.807, 2.05) is 0 Å². The standard InChI is InChI=1S/C76H44N4.Zn/c1-2-18-38-37(17-1)61-39-19-3-4-20-40(39)62(38)70-54-34-56-72-64-45-25-9-11-27-47(45)66(48-28-12-10-26-46(48)64)74(72)58(79-56)36-60-76-68-51-31-15-13-29-49(51)67(50-30-14-16-32-52(50)68)75(76)59(80-60)35-57-73-65-43-23-7-5-21-41(43)63(42-22-6-8-24-44(42)65)71(73)55(78-57)33-53(77-54)69(61)70;/h1-36,61-68H;/q-2;+2. The van der Waals surface area contributed by atoms with E-state index in [1.165, 1.54) is 134 Å². The SMILES string of the molecule is [Zn+2].c1ccc2c(c1)C1C3=C(c4cc5[n-]c(cc6nc(cc7[n-]c(cc3n4)c3c7C4c7ccccc7C3c3ccccc34)C3=C6C4c6ccccc6C3c3ccccc34)c3c5C4c5ccccc5C3c3ccccc34)C2c2ccccc21. The van der Waals surface area contributed by atoms with E-state index >= 15 is 0 Å². The first kappa shape index (κ1) is 43.8. The molecule has 4 nitrogen and oxygen atoms in total. The van der Waals surface area contributed by atoms with Crippen LogP contribution in [-0.2, 0) is 19.5 Å². The number of fused-ring (bicyclic) bond motifs is 8. The average molecular weight is 1080 g/mol. The summed E-state index contributed by atoms with van der Waals surface area (Å²) in [6, 6.07) is 83.3. The molecule has 5 heteroatoms. The molecule has 2 aliphatic heterocycles. The Morgan fingerprint density at radius 1 is 0.210 bits per heavy atom. The largest absolute Gasteiger partial charge is 2.00 e. The number of rotatable bonds is 0. The Bertz CT molecular complexity index is 4240. The molecule has 0 radical (unpaired) electrons. The molecule has 370 valence electrons. The molecule has 14 aliphatic rings. The fourth-order valence-corrected chi connectivity index (χ4v) is 18.1. The second-order valence-corrected chi connectivity index (χ2v) is 23.9. The van der Waals surface area contributed by atoms with Crippen molar-refractivity contribution in [3.8, 4) is 0 Å². The molecule has 0 amide bonds. The van der Waals surface area contributed by atoms with Gasteiger partial charge in [-0.25, -0.2) is 9.97 Å². The summed E-state index contributed by atoms with van der Waals surface area (Å²) in [4.78, 5) is 24.1. The molecule has 25 rings (SSSR count). The third kappa shape index (κ3) is 5.20. The van der Waals surface area contributed by atoms with Gasteiger partial charge in [0.2, 0.25) is 0 Å². The summed E-state index contributed by atoms with van der Waals surface area (Å²) in [5.41, 5.74) is 40.6. The van der Waals surface area contributed by atoms with Crippen LogP contribution in [0.15, 0.2) is 218 Å². The van der Waals surface area contributed by atoms with E-state index in [-0.39, 0.29) is 66.8 Å². The van der Waals surface area contributed by atoms with Gasteiger partial charge >= 0.3 is 19.5 Å². The molecule has 8 aromatic carbocycles. The summed E-state index contributed by atoms with van der Waals surface area (Å²) >= 11 is 0. The monoisotopic (exact) mass is 1080 g/mol. The summed E-state index contributed by atoms with van der Waals surface area (Å²) in [5, 5.41) is 0. The minimum absolute atomic E-state index is 0. The quantitative estimate of drug-likeness (QED) is 0.142. The van der Waals surface area contributed by atoms with Crippen molar-refractivity contribution < 1.29 is 19.5 Å². The number of allylic oxidation sites excluding steroid dienone is 4. The molecule has 0 spiro atoms. The number of benzene rings is 8. The molecule has 0 N–H and O–H groups in total. The molecule has 0 saturated heterocycles. The van der Waals surface area contributed by atoms with Crippen LogP contribution in [0.4, 0.5) is 0 Å². The van der Waals surface area contributed by atoms with E-state index in [0.29, 0.717) is 0 Å². The first-order chi connectivity index (χ1) is 39.7. The molecule has 16 bridgehead atoms. The number of hydrogen-bond donors (Lipinski definition) is 0. The van der Waals surface area contributed by atoms with Crippen LogP contribution in [0.25, 0.3) is 44.4 Å². The Hall–Kier alpha value is -9.02. The van der Waals surface area contributed by atoms with Crippen molar-refractivity contribution in [3.05, 3.63) is 352 Å². The van der Waals surface area contributed by atoms with E-state index in [9.17, 15) is 0 Å². The van der Waals surface area contributed by atoms with Crippen LogP contribution in [-0.4, -0.2) is 9.97 Å². The summed E-state index contributed by atoms with van der Waals surface area (Å²) in [7, 11) is 0. The van der Waals surface area contributed by atoms with Crippen LogP contribution in [0.5, 0.6) is 0 Å². The molecular weight excluding hydrogens is 1030 g/mol. The second kappa shape index (κ2) is 15.3. The van der Waals surface area contributed by atoms with Crippen LogP contribution < -0.4 is 9.97 Å². The second-order valence-electron chi connectivity index (χ2n) is 23.9. The molecule has 0 saturated carbocycles. The Morgan fingerprint density at radius 3 is 0.519 bits per heavy atom. The van der Waals surface area contributed by atoms with Gasteiger partial charge in [-0.15, -0.1) is 22.1 Å². The van der Waals surface area contributed by atoms with Gasteiger partial charge in [0.25, 0.3) is 0 Å². The Kier molecular flexibility index (Phi) is 8.25. The fourth-order valence-electron chi connectivity index (χ4n) is 18.1. The van der Waals surface area contributed by atoms with Gasteiger partial charge in [-0.05, 0) is 134 Å². The average Bonchev–Trinajstić information content (AvgIpc) is 3.19. The minimum Gasteiger partial charge on any atom is -0.657 e. The molecule has 11 aromatic rings. The molecule has 12 aliphatic carbocycles. The van der Waals surface area contributed by atoms with Crippen LogP contribution in [0, 0.1) is 0 Å². The number of hydrogen-bond acceptors (Lipinski definition) is 2. The van der Waals surface area contributed by atoms with Crippen molar-refractivity contribution >= 4 is 44.4 Å². The Morgan fingerprint density at radius 2 is 0.358 bits per heavy atom. The van der Waals surface area contributed by atoms with E-state index < -0.39 is 0 Å². The molecule has 81 heavy (non-hydrogen) atoms. The first-order valence-electron chi connectivity index (χ1n) is 28.6. The maximum absolute atomic E-state index is 6.02. The molecule has 3 aromatic heterocycles. The predicted octanol–water partition coefficient (Wildman–Crippen LogP) is 15.9. The smallest absolute Gasteiger partial charge is 0.657 e. The van der Waals surface area contributed by atoms with E-state index in [0.717, 1.165) is 44.8 Å².